The van der Waals surface area contributed by atoms with E-state index in [1.54, 1.807) is 0 Å². The van der Waals surface area contributed by atoms with E-state index >= 15 is 0 Å². The monoisotopic (exact) mass is 606 g/mol. The van der Waals surface area contributed by atoms with Crippen LogP contribution in [0.5, 0.6) is 0 Å². The Morgan fingerprint density at radius 1 is 1.15 bits per heavy atom. The highest BCUT2D eigenvalue weighted by Gasteiger charge is 2.57. The lowest BCUT2D eigenvalue weighted by atomic mass is 9.84. The third kappa shape index (κ3) is 4.92. The summed E-state index contributed by atoms with van der Waals surface area (Å²) in [5, 5.41) is 0.759. The van der Waals surface area contributed by atoms with Gasteiger partial charge in [-0.1, -0.05) is 0 Å². The quantitative estimate of drug-likeness (QED) is 0.552. The van der Waals surface area contributed by atoms with Crippen LogP contribution in [0.15, 0.2) is 17.0 Å². The number of rotatable bonds is 3. The Morgan fingerprint density at radius 3 is 2.59 bits per heavy atom. The average Bonchev–Trinajstić information content (AvgIpc) is 3.56. The van der Waals surface area contributed by atoms with E-state index in [-0.39, 0.29) is 29.9 Å². The number of hydrogen-bond acceptors (Lipinski definition) is 9. The van der Waals surface area contributed by atoms with Gasteiger partial charge in [0.05, 0.1) is 5.39 Å². The maximum atomic E-state index is 12.7. The average molecular weight is 608 g/mol. The Hall–Kier alpha value is -1.99. The van der Waals surface area contributed by atoms with Crippen molar-refractivity contribution in [3.63, 3.8) is 0 Å². The van der Waals surface area contributed by atoms with Crippen molar-refractivity contribution in [3.8, 4) is 0 Å². The van der Waals surface area contributed by atoms with Crippen molar-refractivity contribution in [3.05, 3.63) is 17.0 Å². The molecule has 0 saturated carbocycles. The molecular formula is C27H39BrN6O5. The third-order valence-electron chi connectivity index (χ3n) is 8.48. The molecule has 0 aliphatic carbocycles. The van der Waals surface area contributed by atoms with Crippen LogP contribution < -0.4 is 5.73 Å². The number of piperidine rings is 1. The van der Waals surface area contributed by atoms with Gasteiger partial charge < -0.3 is 34.1 Å². The van der Waals surface area contributed by atoms with E-state index in [1.165, 1.54) is 6.33 Å². The van der Waals surface area contributed by atoms with Crippen molar-refractivity contribution in [2.45, 2.75) is 102 Å². The number of halogens is 1. The van der Waals surface area contributed by atoms with Crippen LogP contribution in [0.25, 0.3) is 11.0 Å². The van der Waals surface area contributed by atoms with Gasteiger partial charge >= 0.3 is 6.09 Å². The van der Waals surface area contributed by atoms with Crippen LogP contribution >= 0.6 is 15.9 Å². The molecule has 0 radical (unpaired) electrons. The zero-order valence-corrected chi connectivity index (χ0v) is 24.9. The number of nitrogen functional groups attached to an aromatic ring is 1. The highest BCUT2D eigenvalue weighted by atomic mass is 79.9. The predicted octanol–water partition coefficient (Wildman–Crippen LogP) is 4.06. The summed E-state index contributed by atoms with van der Waals surface area (Å²) in [6.45, 7) is 12.8. The Bertz CT molecular complexity index is 1250. The number of carbonyl (C=O) groups is 1. The molecule has 6 rings (SSSR count). The standard InChI is InChI=1S/C27H39BrN6O5/c1-25(2,3)39-24(35)32-11-8-27(9-12-32)7-6-10-33(27)14-17-19-20(38-26(4,5)37-19)23(36-17)34-13-16(28)18-21(29)30-15-31-22(18)34/h13,15,17,19-20,23H,6-12,14H2,1-5H3,(H2,29,30,31)/t17-,19-,20-,23-/m1/s1. The molecule has 214 valence electrons. The molecule has 12 heteroatoms. The van der Waals surface area contributed by atoms with Crippen molar-refractivity contribution in [2.24, 2.45) is 0 Å². The molecule has 39 heavy (non-hydrogen) atoms. The van der Waals surface area contributed by atoms with E-state index in [0.717, 1.165) is 48.6 Å². The van der Waals surface area contributed by atoms with Crippen molar-refractivity contribution >= 4 is 38.9 Å². The molecule has 1 amide bonds. The molecule has 6 heterocycles. The zero-order chi connectivity index (χ0) is 27.7. The second kappa shape index (κ2) is 9.54. The minimum atomic E-state index is -0.717. The van der Waals surface area contributed by atoms with Crippen LogP contribution in [0, 0.1) is 0 Å². The van der Waals surface area contributed by atoms with Crippen LogP contribution in [-0.2, 0) is 18.9 Å². The molecule has 2 aromatic rings. The van der Waals surface area contributed by atoms with E-state index < -0.39 is 17.6 Å². The first-order valence-corrected chi connectivity index (χ1v) is 14.7. The first kappa shape index (κ1) is 27.2. The topological polar surface area (TPSA) is 117 Å². The Morgan fingerprint density at radius 2 is 1.87 bits per heavy atom. The summed E-state index contributed by atoms with van der Waals surface area (Å²) in [4.78, 5) is 25.8. The smallest absolute Gasteiger partial charge is 0.410 e. The van der Waals surface area contributed by atoms with E-state index in [4.69, 9.17) is 24.7 Å². The van der Waals surface area contributed by atoms with E-state index in [2.05, 4.69) is 30.8 Å². The maximum Gasteiger partial charge on any atom is 0.410 e. The number of fused-ring (bicyclic) bond motifs is 2. The zero-order valence-electron chi connectivity index (χ0n) is 23.4. The second-order valence-electron chi connectivity index (χ2n) is 12.7. The number of aromatic nitrogens is 3. The van der Waals surface area contributed by atoms with E-state index in [9.17, 15) is 4.79 Å². The van der Waals surface area contributed by atoms with Gasteiger partial charge in [-0.2, -0.15) is 0 Å². The van der Waals surface area contributed by atoms with Gasteiger partial charge in [0.25, 0.3) is 0 Å². The molecule has 0 unspecified atom stereocenters. The van der Waals surface area contributed by atoms with Gasteiger partial charge in [0.15, 0.2) is 12.0 Å². The van der Waals surface area contributed by atoms with Crippen LogP contribution in [0.2, 0.25) is 0 Å². The Balaban J connectivity index is 1.21. The van der Waals surface area contributed by atoms with Crippen molar-refractivity contribution in [1.82, 2.24) is 24.3 Å². The lowest BCUT2D eigenvalue weighted by molar-refractivity contribution is -0.199. The van der Waals surface area contributed by atoms with Gasteiger partial charge in [0, 0.05) is 35.8 Å². The summed E-state index contributed by atoms with van der Waals surface area (Å²) in [5.74, 6) is -0.303. The molecule has 2 aromatic heterocycles. The number of carbonyl (C=O) groups excluding carboxylic acids is 1. The third-order valence-corrected chi connectivity index (χ3v) is 9.08. The van der Waals surface area contributed by atoms with Crippen LogP contribution in [0.4, 0.5) is 10.6 Å². The predicted molar refractivity (Wildman–Crippen MR) is 148 cm³/mol. The molecule has 4 atom stereocenters. The number of ether oxygens (including phenoxy) is 4. The van der Waals surface area contributed by atoms with E-state index in [1.807, 2.05) is 50.3 Å². The number of nitrogens with zero attached hydrogens (tertiary/aromatic N) is 5. The lowest BCUT2D eigenvalue weighted by Crippen LogP contribution is -2.56. The summed E-state index contributed by atoms with van der Waals surface area (Å²) in [6, 6.07) is 0. The number of likely N-dealkylation sites (tertiary alicyclic amines) is 2. The van der Waals surface area contributed by atoms with Gasteiger partial charge in [0.2, 0.25) is 0 Å². The number of hydrogen-bond donors (Lipinski definition) is 1. The fourth-order valence-electron chi connectivity index (χ4n) is 6.78. The number of nitrogens with two attached hydrogens (primary N) is 1. The van der Waals surface area contributed by atoms with Gasteiger partial charge in [-0.3, -0.25) is 4.90 Å². The Labute approximate surface area is 237 Å². The highest BCUT2D eigenvalue weighted by molar-refractivity contribution is 9.10. The SMILES string of the molecule is CC(C)(C)OC(=O)N1CCC2(CCCN2C[C@H]2O[C@@H](n3cc(Br)c4c(N)ncnc43)[C@@H]3OC(C)(C)O[C@@H]32)CC1. The first-order chi connectivity index (χ1) is 18.4. The van der Waals surface area contributed by atoms with Gasteiger partial charge in [-0.05, 0) is 82.8 Å². The molecule has 2 N–H and O–H groups in total. The minimum absolute atomic E-state index is 0.0509. The largest absolute Gasteiger partial charge is 0.444 e. The second-order valence-corrected chi connectivity index (χ2v) is 13.6. The normalized spacial score (nSPS) is 30.4. The molecule has 4 saturated heterocycles. The summed E-state index contributed by atoms with van der Waals surface area (Å²) >= 11 is 3.62. The molecule has 0 aromatic carbocycles. The molecule has 4 fully saturated rings. The maximum absolute atomic E-state index is 12.7. The molecule has 4 aliphatic rings. The number of anilines is 1. The van der Waals surface area contributed by atoms with Crippen LogP contribution in [-0.4, -0.2) is 91.8 Å². The van der Waals surface area contributed by atoms with Gasteiger partial charge in [-0.15, -0.1) is 0 Å². The summed E-state index contributed by atoms with van der Waals surface area (Å²) in [5.41, 5.74) is 6.42. The highest BCUT2D eigenvalue weighted by Crippen LogP contribution is 2.47. The van der Waals surface area contributed by atoms with Crippen molar-refractivity contribution in [2.75, 3.05) is 31.9 Å². The fourth-order valence-corrected chi connectivity index (χ4v) is 7.38. The van der Waals surface area contributed by atoms with Crippen LogP contribution in [0.3, 0.4) is 0 Å². The number of amides is 1. The van der Waals surface area contributed by atoms with Crippen LogP contribution in [0.1, 0.15) is 66.5 Å². The Kier molecular flexibility index (Phi) is 6.65. The summed E-state index contributed by atoms with van der Waals surface area (Å²) in [6.07, 6.45) is 6.16. The summed E-state index contributed by atoms with van der Waals surface area (Å²) < 4.78 is 28.0. The van der Waals surface area contributed by atoms with Crippen molar-refractivity contribution in [1.29, 1.82) is 0 Å². The van der Waals surface area contributed by atoms with Gasteiger partial charge in [-0.25, -0.2) is 14.8 Å². The van der Waals surface area contributed by atoms with Crippen molar-refractivity contribution < 1.29 is 23.7 Å². The molecule has 0 bridgehead atoms. The van der Waals surface area contributed by atoms with Gasteiger partial charge in [0.1, 0.15) is 41.7 Å². The lowest BCUT2D eigenvalue weighted by Gasteiger charge is -2.46. The first-order valence-electron chi connectivity index (χ1n) is 13.9. The van der Waals surface area contributed by atoms with E-state index in [0.29, 0.717) is 24.6 Å². The summed E-state index contributed by atoms with van der Waals surface area (Å²) in [7, 11) is 0. The fraction of sp³-hybridized carbons (Fsp3) is 0.741. The minimum Gasteiger partial charge on any atom is -0.444 e. The molecule has 11 nitrogen and oxygen atoms in total. The molecule has 1 spiro atoms. The molecule has 4 aliphatic heterocycles. The molecular weight excluding hydrogens is 568 g/mol.